The largest absolute Gasteiger partial charge is 0.282 e. The molecule has 0 atom stereocenters. The lowest BCUT2D eigenvalue weighted by Gasteiger charge is -2.19. The Morgan fingerprint density at radius 1 is 0.926 bits per heavy atom. The van der Waals surface area contributed by atoms with Crippen molar-refractivity contribution in [1.82, 2.24) is 0 Å². The Bertz CT molecular complexity index is 1070. The van der Waals surface area contributed by atoms with Crippen molar-refractivity contribution in [3.05, 3.63) is 106 Å². The highest BCUT2D eigenvalue weighted by molar-refractivity contribution is 9.10. The SMILES string of the molecule is Cc1cccc(N2C(=O)/C(=C\c3cccc(Br)c3)N=C2c2ccccc2)c1. The van der Waals surface area contributed by atoms with E-state index in [1.165, 1.54) is 0 Å². The molecule has 3 aromatic carbocycles. The third kappa shape index (κ3) is 3.62. The molecule has 132 valence electrons. The van der Waals surface area contributed by atoms with Crippen LogP contribution in [0, 0.1) is 6.92 Å². The zero-order valence-electron chi connectivity index (χ0n) is 14.8. The van der Waals surface area contributed by atoms with Crippen LogP contribution in [0.5, 0.6) is 0 Å². The van der Waals surface area contributed by atoms with Gasteiger partial charge in [0.1, 0.15) is 11.5 Å². The summed E-state index contributed by atoms with van der Waals surface area (Å²) in [7, 11) is 0. The molecule has 0 aromatic heterocycles. The zero-order chi connectivity index (χ0) is 18.8. The lowest BCUT2D eigenvalue weighted by atomic mass is 10.1. The van der Waals surface area contributed by atoms with Crippen molar-refractivity contribution in [2.45, 2.75) is 6.92 Å². The van der Waals surface area contributed by atoms with Gasteiger partial charge in [-0.25, -0.2) is 4.99 Å². The number of benzene rings is 3. The molecule has 4 heteroatoms. The summed E-state index contributed by atoms with van der Waals surface area (Å²) in [6, 6.07) is 25.5. The first kappa shape index (κ1) is 17.4. The van der Waals surface area contributed by atoms with Gasteiger partial charge in [0.2, 0.25) is 0 Å². The van der Waals surface area contributed by atoms with Crippen LogP contribution in [0.2, 0.25) is 0 Å². The van der Waals surface area contributed by atoms with Crippen molar-refractivity contribution < 1.29 is 4.79 Å². The van der Waals surface area contributed by atoms with E-state index < -0.39 is 0 Å². The second-order valence-corrected chi connectivity index (χ2v) is 7.28. The second kappa shape index (κ2) is 7.33. The molecule has 0 unspecified atom stereocenters. The van der Waals surface area contributed by atoms with Crippen LogP contribution in [-0.2, 0) is 4.79 Å². The predicted octanol–water partition coefficient (Wildman–Crippen LogP) is 5.59. The molecule has 1 aliphatic heterocycles. The average Bonchev–Trinajstić information content (AvgIpc) is 2.99. The molecule has 1 aliphatic rings. The number of aliphatic imine (C=N–C) groups is 1. The maximum Gasteiger partial charge on any atom is 0.282 e. The number of hydrogen-bond acceptors (Lipinski definition) is 2. The summed E-state index contributed by atoms with van der Waals surface area (Å²) in [5, 5.41) is 0. The summed E-state index contributed by atoms with van der Waals surface area (Å²) in [6.45, 7) is 2.02. The molecule has 1 heterocycles. The van der Waals surface area contributed by atoms with E-state index in [9.17, 15) is 4.79 Å². The first-order valence-electron chi connectivity index (χ1n) is 8.64. The highest BCUT2D eigenvalue weighted by Crippen LogP contribution is 2.28. The molecule has 3 aromatic rings. The number of amidine groups is 1. The molecule has 3 nitrogen and oxygen atoms in total. The van der Waals surface area contributed by atoms with Gasteiger partial charge >= 0.3 is 0 Å². The van der Waals surface area contributed by atoms with Gasteiger partial charge in [0.05, 0.1) is 5.69 Å². The minimum atomic E-state index is -0.126. The molecule has 27 heavy (non-hydrogen) atoms. The highest BCUT2D eigenvalue weighted by Gasteiger charge is 2.32. The number of aryl methyl sites for hydroxylation is 1. The Morgan fingerprint density at radius 2 is 1.70 bits per heavy atom. The van der Waals surface area contributed by atoms with Crippen molar-refractivity contribution >= 4 is 39.4 Å². The van der Waals surface area contributed by atoms with E-state index in [0.29, 0.717) is 11.5 Å². The fourth-order valence-electron chi connectivity index (χ4n) is 3.06. The van der Waals surface area contributed by atoms with Crippen molar-refractivity contribution in [3.63, 3.8) is 0 Å². The van der Waals surface area contributed by atoms with E-state index >= 15 is 0 Å². The monoisotopic (exact) mass is 416 g/mol. The van der Waals surface area contributed by atoms with E-state index in [1.807, 2.05) is 91.9 Å². The molecular weight excluding hydrogens is 400 g/mol. The second-order valence-electron chi connectivity index (χ2n) is 6.37. The summed E-state index contributed by atoms with van der Waals surface area (Å²) in [4.78, 5) is 19.6. The normalized spacial score (nSPS) is 15.3. The quantitative estimate of drug-likeness (QED) is 0.512. The number of rotatable bonds is 3. The fourth-order valence-corrected chi connectivity index (χ4v) is 3.48. The van der Waals surface area contributed by atoms with Crippen molar-refractivity contribution in [2.75, 3.05) is 4.90 Å². The summed E-state index contributed by atoms with van der Waals surface area (Å²) >= 11 is 3.47. The molecule has 0 fully saturated rings. The average molecular weight is 417 g/mol. The summed E-state index contributed by atoms with van der Waals surface area (Å²) in [6.07, 6.45) is 1.83. The minimum absolute atomic E-state index is 0.126. The number of anilines is 1. The van der Waals surface area contributed by atoms with Crippen LogP contribution in [0.15, 0.2) is 94.0 Å². The Kier molecular flexibility index (Phi) is 4.73. The third-order valence-electron chi connectivity index (χ3n) is 4.30. The van der Waals surface area contributed by atoms with Gasteiger partial charge in [-0.1, -0.05) is 70.5 Å². The number of nitrogens with zero attached hydrogens (tertiary/aromatic N) is 2. The standard InChI is InChI=1S/C23H17BrN2O/c1-16-7-5-12-20(13-16)26-22(18-9-3-2-4-10-18)25-21(23(26)27)15-17-8-6-11-19(24)14-17/h2-15H,1H3/b21-15+. The Hall–Kier alpha value is -2.98. The number of carbonyl (C=O) groups excluding carboxylic acids is 1. The summed E-state index contributed by atoms with van der Waals surface area (Å²) in [5.74, 6) is 0.520. The van der Waals surface area contributed by atoms with E-state index in [2.05, 4.69) is 15.9 Å². The highest BCUT2D eigenvalue weighted by atomic mass is 79.9. The molecule has 1 amide bonds. The molecular formula is C23H17BrN2O. The van der Waals surface area contributed by atoms with E-state index in [0.717, 1.165) is 26.9 Å². The Morgan fingerprint density at radius 3 is 2.44 bits per heavy atom. The number of carbonyl (C=O) groups is 1. The van der Waals surface area contributed by atoms with Crippen molar-refractivity contribution in [2.24, 2.45) is 4.99 Å². The molecule has 0 N–H and O–H groups in total. The van der Waals surface area contributed by atoms with Gasteiger partial charge in [0, 0.05) is 10.0 Å². The minimum Gasteiger partial charge on any atom is -0.266 e. The van der Waals surface area contributed by atoms with E-state index in [-0.39, 0.29) is 5.91 Å². The van der Waals surface area contributed by atoms with Crippen molar-refractivity contribution in [3.8, 4) is 0 Å². The lowest BCUT2D eigenvalue weighted by Crippen LogP contribution is -2.32. The lowest BCUT2D eigenvalue weighted by molar-refractivity contribution is -0.113. The van der Waals surface area contributed by atoms with Gasteiger partial charge in [0.25, 0.3) is 5.91 Å². The predicted molar refractivity (Wildman–Crippen MR) is 114 cm³/mol. The van der Waals surface area contributed by atoms with Gasteiger partial charge < -0.3 is 0 Å². The first-order valence-corrected chi connectivity index (χ1v) is 9.43. The third-order valence-corrected chi connectivity index (χ3v) is 4.80. The topological polar surface area (TPSA) is 32.7 Å². The Labute approximate surface area is 166 Å². The van der Waals surface area contributed by atoms with Gasteiger partial charge in [-0.05, 0) is 48.4 Å². The van der Waals surface area contributed by atoms with Crippen LogP contribution >= 0.6 is 15.9 Å². The number of halogens is 1. The number of hydrogen-bond donors (Lipinski definition) is 0. The van der Waals surface area contributed by atoms with E-state index in [1.54, 1.807) is 4.90 Å². The number of amides is 1. The van der Waals surface area contributed by atoms with Crippen molar-refractivity contribution in [1.29, 1.82) is 0 Å². The van der Waals surface area contributed by atoms with E-state index in [4.69, 9.17) is 4.99 Å². The van der Waals surface area contributed by atoms with Gasteiger partial charge in [0.15, 0.2) is 0 Å². The van der Waals surface area contributed by atoms with Gasteiger partial charge in [-0.3, -0.25) is 9.69 Å². The molecule has 0 aliphatic carbocycles. The first-order chi connectivity index (χ1) is 13.1. The van der Waals surface area contributed by atoms with Crippen LogP contribution in [0.25, 0.3) is 6.08 Å². The van der Waals surface area contributed by atoms with Crippen LogP contribution in [0.1, 0.15) is 16.7 Å². The maximum atomic E-state index is 13.2. The fraction of sp³-hybridized carbons (Fsp3) is 0.0435. The van der Waals surface area contributed by atoms with Crippen LogP contribution < -0.4 is 4.90 Å². The summed E-state index contributed by atoms with van der Waals surface area (Å²) < 4.78 is 0.963. The van der Waals surface area contributed by atoms with Gasteiger partial charge in [-0.15, -0.1) is 0 Å². The van der Waals surface area contributed by atoms with Gasteiger partial charge in [-0.2, -0.15) is 0 Å². The van der Waals surface area contributed by atoms with Crippen LogP contribution in [0.4, 0.5) is 5.69 Å². The molecule has 0 spiro atoms. The van der Waals surface area contributed by atoms with Crippen LogP contribution in [0.3, 0.4) is 0 Å². The molecule has 0 saturated carbocycles. The maximum absolute atomic E-state index is 13.2. The molecule has 0 bridgehead atoms. The molecule has 4 rings (SSSR count). The summed E-state index contributed by atoms with van der Waals surface area (Å²) in [5.41, 5.74) is 4.17. The zero-order valence-corrected chi connectivity index (χ0v) is 16.3. The molecule has 0 saturated heterocycles. The van der Waals surface area contributed by atoms with Crippen LogP contribution in [-0.4, -0.2) is 11.7 Å². The molecule has 0 radical (unpaired) electrons. The Balaban J connectivity index is 1.83. The smallest absolute Gasteiger partial charge is 0.266 e.